The molecule has 0 unspecified atom stereocenters. The highest BCUT2D eigenvalue weighted by Gasteiger charge is 2.52. The molecular formula is C23H39NO6S. The van der Waals surface area contributed by atoms with Crippen LogP contribution >= 0.6 is 11.8 Å². The first kappa shape index (κ1) is 26.0. The minimum atomic E-state index is -0.857. The van der Waals surface area contributed by atoms with Gasteiger partial charge in [0.15, 0.2) is 18.3 Å². The average molecular weight is 458 g/mol. The summed E-state index contributed by atoms with van der Waals surface area (Å²) >= 11 is 1.78. The van der Waals surface area contributed by atoms with Gasteiger partial charge in [0.05, 0.1) is 22.3 Å². The third kappa shape index (κ3) is 6.60. The molecule has 31 heavy (non-hydrogen) atoms. The molecule has 0 bridgehead atoms. The lowest BCUT2D eigenvalue weighted by atomic mass is 9.91. The third-order valence-corrected chi connectivity index (χ3v) is 6.39. The molecular weight excluding hydrogens is 418 g/mol. The zero-order valence-electron chi connectivity index (χ0n) is 20.4. The smallest absolute Gasteiger partial charge is 0.311 e. The van der Waals surface area contributed by atoms with Crippen LogP contribution in [0.1, 0.15) is 62.3 Å². The van der Waals surface area contributed by atoms with Crippen molar-refractivity contribution >= 4 is 29.7 Å². The normalized spacial score (nSPS) is 27.8. The number of fused-ring (bicyclic) bond motifs is 1. The fourth-order valence-corrected chi connectivity index (χ4v) is 4.43. The van der Waals surface area contributed by atoms with E-state index in [2.05, 4.69) is 4.90 Å². The number of hydrogen-bond acceptors (Lipinski definition) is 8. The van der Waals surface area contributed by atoms with E-state index < -0.39 is 40.5 Å². The number of ether oxygens (including phenoxy) is 3. The molecule has 0 amide bonds. The highest BCUT2D eigenvalue weighted by Crippen LogP contribution is 2.34. The van der Waals surface area contributed by atoms with Crippen LogP contribution in [-0.4, -0.2) is 71.8 Å². The van der Waals surface area contributed by atoms with Crippen LogP contribution in [0.3, 0.4) is 0 Å². The van der Waals surface area contributed by atoms with Crippen LogP contribution in [0.25, 0.3) is 0 Å². The van der Waals surface area contributed by atoms with Gasteiger partial charge in [-0.05, 0) is 62.3 Å². The molecule has 0 aromatic rings. The lowest BCUT2D eigenvalue weighted by Crippen LogP contribution is -2.67. The van der Waals surface area contributed by atoms with Gasteiger partial charge in [-0.15, -0.1) is 0 Å². The van der Waals surface area contributed by atoms with Crippen LogP contribution in [0.15, 0.2) is 0 Å². The van der Waals surface area contributed by atoms with Crippen molar-refractivity contribution in [1.29, 1.82) is 0 Å². The van der Waals surface area contributed by atoms with E-state index in [-0.39, 0.29) is 18.0 Å². The molecule has 2 fully saturated rings. The summed E-state index contributed by atoms with van der Waals surface area (Å²) in [6.07, 6.45) is -2.28. The standard InChI is InChI=1S/C23H39NO6S/c1-21(2,3)18(25)28-15-12-24-10-11-31-13-14(24)16(29-19(26)22(4,5)6)17(15)30-20(27)23(7,8)9/h14-17H,10-13H2,1-9H3/t14-,15-,16+,17+/m0/s1. The molecule has 2 heterocycles. The lowest BCUT2D eigenvalue weighted by Gasteiger charge is -2.49. The van der Waals surface area contributed by atoms with Crippen LogP contribution in [0, 0.1) is 16.2 Å². The summed E-state index contributed by atoms with van der Waals surface area (Å²) in [4.78, 5) is 40.6. The van der Waals surface area contributed by atoms with E-state index in [0.29, 0.717) is 6.54 Å². The summed E-state index contributed by atoms with van der Waals surface area (Å²) in [5, 5.41) is 0. The van der Waals surface area contributed by atoms with Gasteiger partial charge in [-0.1, -0.05) is 0 Å². The average Bonchev–Trinajstić information content (AvgIpc) is 2.61. The molecule has 7 nitrogen and oxygen atoms in total. The fourth-order valence-electron chi connectivity index (χ4n) is 3.26. The Bertz CT molecular complexity index is 688. The predicted molar refractivity (Wildman–Crippen MR) is 121 cm³/mol. The van der Waals surface area contributed by atoms with Crippen molar-refractivity contribution in [1.82, 2.24) is 4.90 Å². The van der Waals surface area contributed by atoms with Crippen LogP contribution in [-0.2, 0) is 28.6 Å². The summed E-state index contributed by atoms with van der Waals surface area (Å²) in [7, 11) is 0. The minimum Gasteiger partial charge on any atom is -0.456 e. The second-order valence-electron chi connectivity index (χ2n) is 11.6. The topological polar surface area (TPSA) is 82.1 Å². The molecule has 0 aromatic heterocycles. The molecule has 0 N–H and O–H groups in total. The third-order valence-electron chi connectivity index (χ3n) is 5.35. The number of hydrogen-bond donors (Lipinski definition) is 0. The van der Waals surface area contributed by atoms with E-state index in [9.17, 15) is 14.4 Å². The lowest BCUT2D eigenvalue weighted by molar-refractivity contribution is -0.213. The highest BCUT2D eigenvalue weighted by molar-refractivity contribution is 7.99. The minimum absolute atomic E-state index is 0.104. The van der Waals surface area contributed by atoms with Crippen molar-refractivity contribution in [3.05, 3.63) is 0 Å². The SMILES string of the molecule is CC(C)(C)C(=O)O[C@H]1[C@H](OC(=O)C(C)(C)C)[C@@H]2CSCCN2C[C@@H]1OC(=O)C(C)(C)C. The van der Waals surface area contributed by atoms with Gasteiger partial charge in [0.1, 0.15) is 0 Å². The van der Waals surface area contributed by atoms with E-state index in [0.717, 1.165) is 18.1 Å². The Balaban J connectivity index is 2.42. The number of esters is 3. The fraction of sp³-hybridized carbons (Fsp3) is 0.870. The predicted octanol–water partition coefficient (Wildman–Crippen LogP) is 3.29. The molecule has 0 aliphatic carbocycles. The number of carbonyl (C=O) groups excluding carboxylic acids is 3. The Hall–Kier alpha value is -1.28. The molecule has 2 aliphatic heterocycles. The molecule has 4 atom stereocenters. The van der Waals surface area contributed by atoms with Crippen molar-refractivity contribution in [2.45, 2.75) is 86.7 Å². The Morgan fingerprint density at radius 2 is 1.19 bits per heavy atom. The van der Waals surface area contributed by atoms with Gasteiger partial charge in [-0.2, -0.15) is 11.8 Å². The Morgan fingerprint density at radius 1 is 0.742 bits per heavy atom. The van der Waals surface area contributed by atoms with E-state index in [1.165, 1.54) is 0 Å². The molecule has 2 saturated heterocycles. The van der Waals surface area contributed by atoms with Crippen molar-refractivity contribution in [3.8, 4) is 0 Å². The van der Waals surface area contributed by atoms with E-state index in [4.69, 9.17) is 14.2 Å². The second kappa shape index (κ2) is 9.30. The maximum absolute atomic E-state index is 12.8. The van der Waals surface area contributed by atoms with Crippen LogP contribution < -0.4 is 0 Å². The maximum Gasteiger partial charge on any atom is 0.311 e. The Morgan fingerprint density at radius 3 is 1.68 bits per heavy atom. The number of carbonyl (C=O) groups is 3. The van der Waals surface area contributed by atoms with Gasteiger partial charge in [0.2, 0.25) is 0 Å². The zero-order valence-corrected chi connectivity index (χ0v) is 21.3. The van der Waals surface area contributed by atoms with Crippen LogP contribution in [0.2, 0.25) is 0 Å². The maximum atomic E-state index is 12.8. The Kier molecular flexibility index (Phi) is 7.79. The highest BCUT2D eigenvalue weighted by atomic mass is 32.2. The van der Waals surface area contributed by atoms with Crippen molar-refractivity contribution in [2.75, 3.05) is 24.6 Å². The van der Waals surface area contributed by atoms with E-state index in [1.54, 1.807) is 74.1 Å². The molecule has 0 radical (unpaired) electrons. The molecule has 2 rings (SSSR count). The first-order valence-electron chi connectivity index (χ1n) is 11.0. The summed E-state index contributed by atoms with van der Waals surface area (Å²) in [6, 6.07) is -0.104. The number of thioether (sulfide) groups is 1. The first-order valence-corrected chi connectivity index (χ1v) is 12.1. The van der Waals surface area contributed by atoms with Gasteiger partial charge in [-0.25, -0.2) is 0 Å². The number of rotatable bonds is 3. The first-order chi connectivity index (χ1) is 14.0. The number of nitrogens with zero attached hydrogens (tertiary/aromatic N) is 1. The van der Waals surface area contributed by atoms with Gasteiger partial charge in [-0.3, -0.25) is 19.3 Å². The summed E-state index contributed by atoms with van der Waals surface area (Å²) in [5.41, 5.74) is -2.15. The molecule has 0 aromatic carbocycles. The molecule has 8 heteroatoms. The van der Waals surface area contributed by atoms with Gasteiger partial charge < -0.3 is 14.2 Å². The quantitative estimate of drug-likeness (QED) is 0.472. The monoisotopic (exact) mass is 457 g/mol. The van der Waals surface area contributed by atoms with E-state index >= 15 is 0 Å². The van der Waals surface area contributed by atoms with Crippen molar-refractivity contribution in [2.24, 2.45) is 16.2 Å². The van der Waals surface area contributed by atoms with E-state index in [1.807, 2.05) is 0 Å². The van der Waals surface area contributed by atoms with Crippen LogP contribution in [0.5, 0.6) is 0 Å². The largest absolute Gasteiger partial charge is 0.456 e. The Labute approximate surface area is 190 Å². The van der Waals surface area contributed by atoms with Gasteiger partial charge >= 0.3 is 17.9 Å². The summed E-state index contributed by atoms with van der Waals surface area (Å²) < 4.78 is 17.8. The number of piperidine rings is 1. The summed E-state index contributed by atoms with van der Waals surface area (Å²) in [6.45, 7) is 17.3. The zero-order chi connectivity index (χ0) is 23.8. The van der Waals surface area contributed by atoms with Gasteiger partial charge in [0.25, 0.3) is 0 Å². The second-order valence-corrected chi connectivity index (χ2v) is 12.7. The van der Waals surface area contributed by atoms with Crippen molar-refractivity contribution < 1.29 is 28.6 Å². The molecule has 2 aliphatic rings. The van der Waals surface area contributed by atoms with Crippen molar-refractivity contribution in [3.63, 3.8) is 0 Å². The summed E-state index contributed by atoms with van der Waals surface area (Å²) in [5.74, 6) is 0.546. The molecule has 178 valence electrons. The molecule has 0 saturated carbocycles. The molecule has 0 spiro atoms. The van der Waals surface area contributed by atoms with Gasteiger partial charge in [0, 0.05) is 24.6 Å². The van der Waals surface area contributed by atoms with Crippen LogP contribution in [0.4, 0.5) is 0 Å².